The van der Waals surface area contributed by atoms with Crippen LogP contribution in [0.25, 0.3) is 0 Å². The number of ether oxygens (including phenoxy) is 1. The van der Waals surface area contributed by atoms with E-state index in [0.29, 0.717) is 12.8 Å². The summed E-state index contributed by atoms with van der Waals surface area (Å²) in [5.41, 5.74) is 0.275. The number of carbonyl (C=O) groups is 4. The number of hydrogen-bond donors (Lipinski definition) is 0. The van der Waals surface area contributed by atoms with Gasteiger partial charge in [0.15, 0.2) is 12.4 Å². The van der Waals surface area contributed by atoms with Crippen LogP contribution >= 0.6 is 23.2 Å². The molecule has 0 aliphatic carbocycles. The maximum atomic E-state index is 13.0. The molecule has 1 atom stereocenters. The summed E-state index contributed by atoms with van der Waals surface area (Å²) in [4.78, 5) is 51.6. The van der Waals surface area contributed by atoms with Crippen molar-refractivity contribution in [1.82, 2.24) is 4.90 Å². The van der Waals surface area contributed by atoms with E-state index in [4.69, 9.17) is 27.9 Å². The van der Waals surface area contributed by atoms with Gasteiger partial charge in [0, 0.05) is 5.56 Å². The number of hydrogen-bond acceptors (Lipinski definition) is 5. The molecule has 0 spiro atoms. The largest absolute Gasteiger partial charge is 0.456 e. The standard InChI is InChI=1S/C22H18Cl2FNO5/c1-2-3-4-18(22(30)31-11-19(27)12-5-7-13(25)8-6-12)26-20(28)14-9-16(23)17(24)10-15(14)21(26)29/h5-10,18H,2-4,11H2,1H3/t18-/m0/s1. The van der Waals surface area contributed by atoms with Gasteiger partial charge in [0.25, 0.3) is 11.8 Å². The van der Waals surface area contributed by atoms with Crippen molar-refractivity contribution in [2.75, 3.05) is 6.61 Å². The number of Topliss-reactive ketones (excluding diaryl/α,β-unsaturated/α-hetero) is 1. The molecule has 2 amide bonds. The van der Waals surface area contributed by atoms with Crippen molar-refractivity contribution < 1.29 is 28.3 Å². The zero-order chi connectivity index (χ0) is 22.7. The van der Waals surface area contributed by atoms with E-state index in [-0.39, 0.29) is 33.2 Å². The van der Waals surface area contributed by atoms with E-state index < -0.39 is 42.0 Å². The van der Waals surface area contributed by atoms with Crippen molar-refractivity contribution in [2.24, 2.45) is 0 Å². The normalized spacial score (nSPS) is 13.9. The van der Waals surface area contributed by atoms with Gasteiger partial charge in [-0.05, 0) is 42.8 Å². The van der Waals surface area contributed by atoms with E-state index in [1.165, 1.54) is 24.3 Å². The summed E-state index contributed by atoms with van der Waals surface area (Å²) in [5, 5.41) is 0.224. The number of halogens is 3. The number of esters is 1. The zero-order valence-electron chi connectivity index (χ0n) is 16.5. The first kappa shape index (κ1) is 22.9. The van der Waals surface area contributed by atoms with Crippen molar-refractivity contribution in [1.29, 1.82) is 0 Å². The number of rotatable bonds is 8. The summed E-state index contributed by atoms with van der Waals surface area (Å²) in [6, 6.07) is 6.17. The number of fused-ring (bicyclic) bond motifs is 1. The van der Waals surface area contributed by atoms with Crippen LogP contribution in [0.2, 0.25) is 10.0 Å². The first-order chi connectivity index (χ1) is 14.7. The number of amides is 2. The lowest BCUT2D eigenvalue weighted by molar-refractivity contribution is -0.147. The predicted molar refractivity (Wildman–Crippen MR) is 112 cm³/mol. The Balaban J connectivity index is 1.79. The van der Waals surface area contributed by atoms with Crippen molar-refractivity contribution >= 4 is 46.8 Å². The van der Waals surface area contributed by atoms with E-state index in [1.54, 1.807) is 0 Å². The minimum atomic E-state index is -1.20. The second kappa shape index (κ2) is 9.58. The molecule has 0 N–H and O–H groups in total. The Bertz CT molecular complexity index is 1010. The van der Waals surface area contributed by atoms with Gasteiger partial charge in [-0.15, -0.1) is 0 Å². The highest BCUT2D eigenvalue weighted by molar-refractivity contribution is 6.43. The SMILES string of the molecule is CCCC[C@@H](C(=O)OCC(=O)c1ccc(F)cc1)N1C(=O)c2cc(Cl)c(Cl)cc2C1=O. The maximum Gasteiger partial charge on any atom is 0.329 e. The monoisotopic (exact) mass is 465 g/mol. The zero-order valence-corrected chi connectivity index (χ0v) is 18.0. The smallest absolute Gasteiger partial charge is 0.329 e. The Labute approximate surface area is 187 Å². The van der Waals surface area contributed by atoms with Gasteiger partial charge in [-0.1, -0.05) is 43.0 Å². The molecule has 2 aromatic rings. The molecule has 6 nitrogen and oxygen atoms in total. The quantitative estimate of drug-likeness (QED) is 0.320. The Morgan fingerprint density at radius 2 is 1.58 bits per heavy atom. The van der Waals surface area contributed by atoms with Crippen molar-refractivity contribution in [3.8, 4) is 0 Å². The van der Waals surface area contributed by atoms with Crippen molar-refractivity contribution in [3.63, 3.8) is 0 Å². The van der Waals surface area contributed by atoms with Crippen molar-refractivity contribution in [2.45, 2.75) is 32.2 Å². The van der Waals surface area contributed by atoms with Crippen LogP contribution < -0.4 is 0 Å². The van der Waals surface area contributed by atoms with E-state index in [1.807, 2.05) is 6.92 Å². The number of carbonyl (C=O) groups excluding carboxylic acids is 4. The molecule has 0 unspecified atom stereocenters. The summed E-state index contributed by atoms with van der Waals surface area (Å²) in [7, 11) is 0. The summed E-state index contributed by atoms with van der Waals surface area (Å²) >= 11 is 11.9. The van der Waals surface area contributed by atoms with Gasteiger partial charge in [-0.3, -0.25) is 19.3 Å². The molecule has 0 fully saturated rings. The fourth-order valence-electron chi connectivity index (χ4n) is 3.24. The molecule has 0 saturated heterocycles. The van der Waals surface area contributed by atoms with Crippen LogP contribution in [0.15, 0.2) is 36.4 Å². The molecule has 162 valence electrons. The maximum absolute atomic E-state index is 13.0. The van der Waals surface area contributed by atoms with Gasteiger partial charge in [0.2, 0.25) is 0 Å². The number of imide groups is 1. The number of ketones is 1. The fraction of sp³-hybridized carbons (Fsp3) is 0.273. The Morgan fingerprint density at radius 1 is 1.03 bits per heavy atom. The van der Waals surface area contributed by atoms with E-state index in [2.05, 4.69) is 0 Å². The third-order valence-electron chi connectivity index (χ3n) is 4.89. The molecule has 1 heterocycles. The van der Waals surface area contributed by atoms with Gasteiger partial charge in [-0.2, -0.15) is 0 Å². The Morgan fingerprint density at radius 3 is 2.10 bits per heavy atom. The Hall–Kier alpha value is -2.77. The first-order valence-electron chi connectivity index (χ1n) is 9.57. The van der Waals surface area contributed by atoms with Crippen LogP contribution in [0.5, 0.6) is 0 Å². The molecule has 1 aliphatic heterocycles. The third-order valence-corrected chi connectivity index (χ3v) is 5.61. The van der Waals surface area contributed by atoms with Crippen LogP contribution in [-0.4, -0.2) is 41.1 Å². The minimum Gasteiger partial charge on any atom is -0.456 e. The van der Waals surface area contributed by atoms with Crippen LogP contribution in [-0.2, 0) is 9.53 Å². The molecule has 2 aromatic carbocycles. The van der Waals surface area contributed by atoms with Crippen LogP contribution in [0.1, 0.15) is 57.3 Å². The van der Waals surface area contributed by atoms with Gasteiger partial charge >= 0.3 is 5.97 Å². The second-order valence-corrected chi connectivity index (χ2v) is 7.80. The summed E-state index contributed by atoms with van der Waals surface area (Å²) in [5.74, 6) is -3.28. The summed E-state index contributed by atoms with van der Waals surface area (Å²) < 4.78 is 18.1. The molecule has 3 rings (SSSR count). The molecule has 0 saturated carbocycles. The molecule has 0 radical (unpaired) electrons. The molecule has 0 aromatic heterocycles. The number of benzene rings is 2. The molecular formula is C22H18Cl2FNO5. The van der Waals surface area contributed by atoms with Gasteiger partial charge in [-0.25, -0.2) is 9.18 Å². The average molecular weight is 466 g/mol. The second-order valence-electron chi connectivity index (χ2n) is 6.99. The Kier molecular flexibility index (Phi) is 7.08. The van der Waals surface area contributed by atoms with E-state index >= 15 is 0 Å². The highest BCUT2D eigenvalue weighted by Gasteiger charge is 2.43. The lowest BCUT2D eigenvalue weighted by Gasteiger charge is -2.24. The molecule has 31 heavy (non-hydrogen) atoms. The molecular weight excluding hydrogens is 448 g/mol. The molecule has 1 aliphatic rings. The predicted octanol–water partition coefficient (Wildman–Crippen LogP) is 4.71. The number of nitrogens with zero attached hydrogens (tertiary/aromatic N) is 1. The highest BCUT2D eigenvalue weighted by atomic mass is 35.5. The van der Waals surface area contributed by atoms with Crippen LogP contribution in [0.4, 0.5) is 4.39 Å². The lowest BCUT2D eigenvalue weighted by atomic mass is 10.1. The van der Waals surface area contributed by atoms with Crippen LogP contribution in [0.3, 0.4) is 0 Å². The molecule has 0 bridgehead atoms. The lowest BCUT2D eigenvalue weighted by Crippen LogP contribution is -2.46. The summed E-state index contributed by atoms with van der Waals surface area (Å²) in [6.45, 7) is 1.29. The number of unbranched alkanes of at least 4 members (excludes halogenated alkanes) is 1. The van der Waals surface area contributed by atoms with E-state index in [9.17, 15) is 23.6 Å². The van der Waals surface area contributed by atoms with Crippen LogP contribution in [0, 0.1) is 5.82 Å². The van der Waals surface area contributed by atoms with Gasteiger partial charge in [0.05, 0.1) is 21.2 Å². The minimum absolute atomic E-state index is 0.0519. The van der Waals surface area contributed by atoms with Gasteiger partial charge in [0.1, 0.15) is 11.9 Å². The van der Waals surface area contributed by atoms with E-state index in [0.717, 1.165) is 17.0 Å². The summed E-state index contributed by atoms with van der Waals surface area (Å²) in [6.07, 6.45) is 1.42. The first-order valence-corrected chi connectivity index (χ1v) is 10.3. The van der Waals surface area contributed by atoms with Crippen molar-refractivity contribution in [3.05, 3.63) is 69.0 Å². The van der Waals surface area contributed by atoms with Gasteiger partial charge < -0.3 is 4.74 Å². The third kappa shape index (κ3) is 4.78. The highest BCUT2D eigenvalue weighted by Crippen LogP contribution is 2.33. The fourth-order valence-corrected chi connectivity index (χ4v) is 3.56. The topological polar surface area (TPSA) is 80.8 Å². The average Bonchev–Trinajstić information content (AvgIpc) is 2.97. The molecule has 9 heteroatoms.